The Kier molecular flexibility index (Phi) is 10.1. The third-order valence-corrected chi connectivity index (χ3v) is 5.12. The molecule has 7 heteroatoms. The van der Waals surface area contributed by atoms with Gasteiger partial charge in [-0.1, -0.05) is 72.8 Å². The summed E-state index contributed by atoms with van der Waals surface area (Å²) in [7, 11) is 0. The molecule has 1 radical (unpaired) electrons. The van der Waals surface area contributed by atoms with E-state index in [0.717, 1.165) is 42.3 Å². The summed E-state index contributed by atoms with van der Waals surface area (Å²) in [4.78, 5) is 19.0. The summed E-state index contributed by atoms with van der Waals surface area (Å²) in [5, 5.41) is 7.14. The van der Waals surface area contributed by atoms with Crippen LogP contribution in [0.1, 0.15) is 0 Å². The van der Waals surface area contributed by atoms with Gasteiger partial charge in [0.15, 0.2) is 0 Å². The fourth-order valence-electron chi connectivity index (χ4n) is 3.41. The Morgan fingerprint density at radius 3 is 0.743 bits per heavy atom. The molecule has 177 valence electrons. The van der Waals surface area contributed by atoms with Crippen molar-refractivity contribution in [2.24, 2.45) is 20.0 Å². The van der Waals surface area contributed by atoms with Gasteiger partial charge in [0.1, 0.15) is 0 Å². The van der Waals surface area contributed by atoms with Crippen LogP contribution in [0, 0.1) is 0 Å². The summed E-state index contributed by atoms with van der Waals surface area (Å²) < 4.78 is 0. The van der Waals surface area contributed by atoms with Crippen molar-refractivity contribution >= 4 is 24.8 Å². The molecule has 35 heavy (non-hydrogen) atoms. The van der Waals surface area contributed by atoms with Crippen LogP contribution >= 0.6 is 0 Å². The van der Waals surface area contributed by atoms with Crippen LogP contribution in [0.25, 0.3) is 24.8 Å². The molecular weight excluding hydrogens is 488 g/mol. The van der Waals surface area contributed by atoms with E-state index in [1.54, 1.807) is 0 Å². The average Bonchev–Trinajstić information content (AvgIpc) is 2.85. The molecular formula is C28H26CuN4O2+4. The van der Waals surface area contributed by atoms with Crippen molar-refractivity contribution in [1.82, 2.24) is 0 Å². The Morgan fingerprint density at radius 1 is 0.314 bits per heavy atom. The Bertz CT molecular complexity index is 1400. The summed E-state index contributed by atoms with van der Waals surface area (Å²) in [5.74, 6) is 0. The van der Waals surface area contributed by atoms with E-state index in [0.29, 0.717) is 0 Å². The fourth-order valence-corrected chi connectivity index (χ4v) is 3.41. The van der Waals surface area contributed by atoms with Crippen molar-refractivity contribution in [2.45, 2.75) is 0 Å². The Labute approximate surface area is 211 Å². The molecule has 0 amide bonds. The van der Waals surface area contributed by atoms with Crippen molar-refractivity contribution in [3.63, 3.8) is 0 Å². The number of fused-ring (bicyclic) bond motifs is 4. The fraction of sp³-hybridized carbons (Fsp3) is 0. The van der Waals surface area contributed by atoms with Gasteiger partial charge in [0.2, 0.25) is 0 Å². The SMILES string of the molecule is C1=c2ccccc2=NC=c2ccccc2=NC=c2ccccc2=NC=c2ccccc2=N1.[Cu+2].[OH3+].[OH3+]. The zero-order valence-corrected chi connectivity index (χ0v) is 19.7. The topological polar surface area (TPSA) is 115 Å². The molecule has 0 saturated heterocycles. The molecule has 6 N–H and O–H groups in total. The number of benzene rings is 4. The molecule has 5 rings (SSSR count). The first-order valence-corrected chi connectivity index (χ1v) is 10.4. The number of hydrogen-bond donors (Lipinski definition) is 0. The first-order valence-electron chi connectivity index (χ1n) is 10.4. The van der Waals surface area contributed by atoms with Crippen LogP contribution < -0.4 is 42.3 Å². The maximum Gasteiger partial charge on any atom is 2.00 e. The molecule has 0 bridgehead atoms. The van der Waals surface area contributed by atoms with Gasteiger partial charge in [0, 0.05) is 45.7 Å². The summed E-state index contributed by atoms with van der Waals surface area (Å²) in [5.41, 5.74) is 0. The number of nitrogens with zero attached hydrogens (tertiary/aromatic N) is 4. The first kappa shape index (κ1) is 27.2. The van der Waals surface area contributed by atoms with E-state index in [2.05, 4.69) is 0 Å². The second kappa shape index (κ2) is 13.0. The molecule has 4 aromatic carbocycles. The van der Waals surface area contributed by atoms with E-state index in [-0.39, 0.29) is 28.0 Å². The van der Waals surface area contributed by atoms with Crippen LogP contribution in [-0.4, -0.2) is 0 Å². The molecule has 1 heterocycles. The Morgan fingerprint density at radius 2 is 0.514 bits per heavy atom. The zero-order chi connectivity index (χ0) is 21.6. The van der Waals surface area contributed by atoms with Gasteiger partial charge in [-0.05, 0) is 24.3 Å². The Hall–Kier alpha value is -4.00. The third-order valence-electron chi connectivity index (χ3n) is 5.12. The van der Waals surface area contributed by atoms with E-state index in [1.165, 1.54) is 0 Å². The van der Waals surface area contributed by atoms with Crippen LogP contribution in [0.2, 0.25) is 0 Å². The largest absolute Gasteiger partial charge is 2.00 e. The predicted molar refractivity (Wildman–Crippen MR) is 136 cm³/mol. The quantitative estimate of drug-likeness (QED) is 0.199. The van der Waals surface area contributed by atoms with Crippen molar-refractivity contribution in [2.75, 3.05) is 0 Å². The normalized spacial score (nSPS) is 11.4. The van der Waals surface area contributed by atoms with Gasteiger partial charge in [-0.2, -0.15) is 0 Å². The van der Waals surface area contributed by atoms with Crippen LogP contribution in [-0.2, 0) is 28.0 Å². The number of para-hydroxylation sites is 4. The second-order valence-corrected chi connectivity index (χ2v) is 7.27. The monoisotopic (exact) mass is 513 g/mol. The maximum absolute atomic E-state index is 4.74. The van der Waals surface area contributed by atoms with Gasteiger partial charge in [0.05, 0.1) is 21.4 Å². The molecule has 0 aliphatic carbocycles. The Balaban J connectivity index is 0.00000144. The third kappa shape index (κ3) is 6.53. The molecule has 6 nitrogen and oxygen atoms in total. The summed E-state index contributed by atoms with van der Waals surface area (Å²) in [6.45, 7) is 0. The van der Waals surface area contributed by atoms with E-state index in [4.69, 9.17) is 20.0 Å². The molecule has 0 fully saturated rings. The van der Waals surface area contributed by atoms with Gasteiger partial charge in [-0.15, -0.1) is 0 Å². The molecule has 0 atom stereocenters. The minimum absolute atomic E-state index is 0. The van der Waals surface area contributed by atoms with Gasteiger partial charge >= 0.3 is 17.1 Å². The van der Waals surface area contributed by atoms with Gasteiger partial charge in [-0.3, -0.25) is 20.0 Å². The smallest absolute Gasteiger partial charge is 0.457 e. The van der Waals surface area contributed by atoms with Crippen molar-refractivity contribution in [3.05, 3.63) is 139 Å². The minimum Gasteiger partial charge on any atom is -0.457 e. The van der Waals surface area contributed by atoms with Crippen LogP contribution in [0.5, 0.6) is 0 Å². The molecule has 1 aliphatic heterocycles. The van der Waals surface area contributed by atoms with Crippen LogP contribution in [0.3, 0.4) is 0 Å². The standard InChI is InChI=1S/C28H20N4.Cu.2H2O/c1-5-13-25-21(9-1)17-29-26-14-6-2-11-23(26)19-31-28-16-8-4-12-24(28)20-32-27-15-7-3-10-22(27)18-30-25;;;/h1-20H;;2*1H2/q;+2;;/p+2. The summed E-state index contributed by atoms with van der Waals surface area (Å²) in [6, 6.07) is 31.8. The maximum atomic E-state index is 4.74. The molecule has 0 unspecified atom stereocenters. The van der Waals surface area contributed by atoms with Gasteiger partial charge < -0.3 is 11.0 Å². The minimum atomic E-state index is 0. The summed E-state index contributed by atoms with van der Waals surface area (Å²) >= 11 is 0. The summed E-state index contributed by atoms with van der Waals surface area (Å²) in [6.07, 6.45) is 7.40. The van der Waals surface area contributed by atoms with E-state index < -0.39 is 0 Å². The molecule has 0 spiro atoms. The van der Waals surface area contributed by atoms with Crippen molar-refractivity contribution < 1.29 is 28.0 Å². The van der Waals surface area contributed by atoms with Gasteiger partial charge in [-0.25, -0.2) is 0 Å². The second-order valence-electron chi connectivity index (χ2n) is 7.27. The number of rotatable bonds is 0. The molecule has 1 aliphatic rings. The van der Waals surface area contributed by atoms with E-state index in [9.17, 15) is 0 Å². The first-order chi connectivity index (χ1) is 15.9. The van der Waals surface area contributed by atoms with Crippen LogP contribution in [0.15, 0.2) is 117 Å². The van der Waals surface area contributed by atoms with Crippen LogP contribution in [0.4, 0.5) is 0 Å². The van der Waals surface area contributed by atoms with Crippen molar-refractivity contribution in [1.29, 1.82) is 0 Å². The van der Waals surface area contributed by atoms with Crippen molar-refractivity contribution in [3.8, 4) is 0 Å². The predicted octanol–water partition coefficient (Wildman–Crippen LogP) is -1.62. The average molecular weight is 514 g/mol. The molecule has 0 aromatic heterocycles. The molecule has 0 saturated carbocycles. The number of hydrogen-bond acceptors (Lipinski definition) is 4. The molecule has 4 aromatic rings. The zero-order valence-electron chi connectivity index (χ0n) is 18.8. The van der Waals surface area contributed by atoms with E-state index >= 15 is 0 Å². The van der Waals surface area contributed by atoms with E-state index in [1.807, 2.05) is 122 Å². The van der Waals surface area contributed by atoms with Gasteiger partial charge in [0.25, 0.3) is 0 Å².